The van der Waals surface area contributed by atoms with Crippen molar-refractivity contribution < 1.29 is 17.2 Å². The zero-order valence-corrected chi connectivity index (χ0v) is 12.0. The number of hydrogen-bond acceptors (Lipinski definition) is 3. The minimum Gasteiger partial charge on any atom is -0.396 e. The molecule has 0 saturated carbocycles. The topological polar surface area (TPSA) is 72.2 Å². The Morgan fingerprint density at radius 1 is 1.14 bits per heavy atom. The monoisotopic (exact) mass is 312 g/mol. The molecule has 0 spiro atoms. The smallest absolute Gasteiger partial charge is 0.243 e. The molecular weight excluding hydrogens is 298 g/mol. The Morgan fingerprint density at radius 3 is 2.52 bits per heavy atom. The molecule has 21 heavy (non-hydrogen) atoms. The second-order valence-electron chi connectivity index (χ2n) is 4.62. The predicted molar refractivity (Wildman–Crippen MR) is 76.0 cm³/mol. The van der Waals surface area contributed by atoms with Crippen molar-refractivity contribution in [2.45, 2.75) is 18.4 Å². The Bertz CT molecular complexity index is 777. The predicted octanol–water partition coefficient (Wildman–Crippen LogP) is 2.33. The molecule has 0 heterocycles. The van der Waals surface area contributed by atoms with Gasteiger partial charge in [0.05, 0.1) is 5.69 Å². The fraction of sp³-hybridized carbons (Fsp3) is 0.143. The third-order valence-corrected chi connectivity index (χ3v) is 4.31. The summed E-state index contributed by atoms with van der Waals surface area (Å²) in [6.07, 6.45) is 0. The van der Waals surface area contributed by atoms with Gasteiger partial charge >= 0.3 is 0 Å². The van der Waals surface area contributed by atoms with Gasteiger partial charge in [-0.15, -0.1) is 0 Å². The lowest BCUT2D eigenvalue weighted by Crippen LogP contribution is -2.24. The van der Waals surface area contributed by atoms with E-state index in [-0.39, 0.29) is 6.54 Å². The molecule has 0 bridgehead atoms. The average molecular weight is 312 g/mol. The highest BCUT2D eigenvalue weighted by atomic mass is 32.2. The molecule has 0 aromatic heterocycles. The van der Waals surface area contributed by atoms with Gasteiger partial charge in [-0.05, 0) is 18.6 Å². The van der Waals surface area contributed by atoms with Crippen LogP contribution < -0.4 is 10.5 Å². The van der Waals surface area contributed by atoms with E-state index in [1.807, 2.05) is 13.0 Å². The molecule has 0 radical (unpaired) electrons. The minimum atomic E-state index is -4.11. The number of aryl methyl sites for hydroxylation is 1. The summed E-state index contributed by atoms with van der Waals surface area (Å²) < 4.78 is 53.0. The standard InChI is InChI=1S/C14H14F2N2O2S/c1-9-3-2-4-10(5-9)8-18-21(19,20)14-7-13(17)11(15)6-12(14)16/h2-7,18H,8,17H2,1H3. The van der Waals surface area contributed by atoms with Gasteiger partial charge in [0.1, 0.15) is 16.5 Å². The van der Waals surface area contributed by atoms with E-state index >= 15 is 0 Å². The van der Waals surface area contributed by atoms with Crippen molar-refractivity contribution in [2.75, 3.05) is 5.73 Å². The molecule has 2 rings (SSSR count). The first kappa shape index (κ1) is 15.4. The van der Waals surface area contributed by atoms with Crippen molar-refractivity contribution in [1.82, 2.24) is 4.72 Å². The van der Waals surface area contributed by atoms with Crippen LogP contribution in [-0.4, -0.2) is 8.42 Å². The highest BCUT2D eigenvalue weighted by molar-refractivity contribution is 7.89. The van der Waals surface area contributed by atoms with E-state index in [2.05, 4.69) is 4.72 Å². The lowest BCUT2D eigenvalue weighted by atomic mass is 10.1. The molecule has 2 aromatic rings. The maximum Gasteiger partial charge on any atom is 0.243 e. The number of nitrogen functional groups attached to an aromatic ring is 1. The van der Waals surface area contributed by atoms with Gasteiger partial charge in [0, 0.05) is 12.6 Å². The van der Waals surface area contributed by atoms with Crippen LogP contribution in [0.25, 0.3) is 0 Å². The normalized spacial score (nSPS) is 11.6. The Morgan fingerprint density at radius 2 is 1.86 bits per heavy atom. The summed E-state index contributed by atoms with van der Waals surface area (Å²) in [6.45, 7) is 1.87. The van der Waals surface area contributed by atoms with Crippen molar-refractivity contribution in [3.05, 3.63) is 59.2 Å². The Balaban J connectivity index is 2.25. The molecule has 3 N–H and O–H groups in total. The largest absolute Gasteiger partial charge is 0.396 e. The zero-order valence-electron chi connectivity index (χ0n) is 11.2. The number of benzene rings is 2. The first-order valence-electron chi connectivity index (χ1n) is 6.09. The van der Waals surface area contributed by atoms with Crippen LogP contribution in [0, 0.1) is 18.6 Å². The van der Waals surface area contributed by atoms with Crippen LogP contribution in [-0.2, 0) is 16.6 Å². The number of rotatable bonds is 4. The molecule has 0 fully saturated rings. The van der Waals surface area contributed by atoms with E-state index in [1.165, 1.54) is 0 Å². The van der Waals surface area contributed by atoms with Crippen LogP contribution in [0.3, 0.4) is 0 Å². The summed E-state index contributed by atoms with van der Waals surface area (Å²) in [6, 6.07) is 8.43. The first-order valence-corrected chi connectivity index (χ1v) is 7.57. The quantitative estimate of drug-likeness (QED) is 0.851. The third kappa shape index (κ3) is 3.56. The fourth-order valence-electron chi connectivity index (χ4n) is 1.83. The highest BCUT2D eigenvalue weighted by Gasteiger charge is 2.21. The van der Waals surface area contributed by atoms with Crippen molar-refractivity contribution in [3.8, 4) is 0 Å². The summed E-state index contributed by atoms with van der Waals surface area (Å²) in [5.41, 5.74) is 6.56. The van der Waals surface area contributed by atoms with Crippen LogP contribution in [0.2, 0.25) is 0 Å². The number of halogens is 2. The SMILES string of the molecule is Cc1cccc(CNS(=O)(=O)c2cc(N)c(F)cc2F)c1. The van der Waals surface area contributed by atoms with Crippen molar-refractivity contribution in [1.29, 1.82) is 0 Å². The molecule has 0 aliphatic carbocycles. The van der Waals surface area contributed by atoms with E-state index in [9.17, 15) is 17.2 Å². The molecule has 112 valence electrons. The van der Waals surface area contributed by atoms with Gasteiger partial charge in [-0.3, -0.25) is 0 Å². The summed E-state index contributed by atoms with van der Waals surface area (Å²) >= 11 is 0. The molecule has 0 saturated heterocycles. The second-order valence-corrected chi connectivity index (χ2v) is 6.35. The van der Waals surface area contributed by atoms with E-state index in [1.54, 1.807) is 18.2 Å². The van der Waals surface area contributed by atoms with Crippen LogP contribution >= 0.6 is 0 Å². The van der Waals surface area contributed by atoms with Crippen LogP contribution in [0.15, 0.2) is 41.3 Å². The number of anilines is 1. The maximum atomic E-state index is 13.6. The first-order chi connectivity index (χ1) is 9.79. The van der Waals surface area contributed by atoms with Crippen molar-refractivity contribution in [2.24, 2.45) is 0 Å². The summed E-state index contributed by atoms with van der Waals surface area (Å²) in [7, 11) is -4.11. The van der Waals surface area contributed by atoms with Crippen LogP contribution in [0.5, 0.6) is 0 Å². The second kappa shape index (κ2) is 5.79. The summed E-state index contributed by atoms with van der Waals surface area (Å²) in [5.74, 6) is -2.18. The molecule has 2 aromatic carbocycles. The van der Waals surface area contributed by atoms with Gasteiger partial charge in [-0.2, -0.15) is 0 Å². The van der Waals surface area contributed by atoms with Gasteiger partial charge in [0.2, 0.25) is 10.0 Å². The third-order valence-electron chi connectivity index (χ3n) is 2.89. The zero-order chi connectivity index (χ0) is 15.6. The van der Waals surface area contributed by atoms with Crippen LogP contribution in [0.1, 0.15) is 11.1 Å². The maximum absolute atomic E-state index is 13.6. The lowest BCUT2D eigenvalue weighted by Gasteiger charge is -2.09. The van der Waals surface area contributed by atoms with E-state index < -0.39 is 32.2 Å². The molecule has 0 aliphatic heterocycles. The van der Waals surface area contributed by atoms with Crippen molar-refractivity contribution in [3.63, 3.8) is 0 Å². The minimum absolute atomic E-state index is 0.000729. The summed E-state index contributed by atoms with van der Waals surface area (Å²) in [5, 5.41) is 0. The number of nitrogens with one attached hydrogen (secondary N) is 1. The Hall–Kier alpha value is -1.99. The number of sulfonamides is 1. The Labute approximate surface area is 121 Å². The van der Waals surface area contributed by atoms with Gasteiger partial charge in [0.25, 0.3) is 0 Å². The molecule has 0 atom stereocenters. The van der Waals surface area contributed by atoms with Gasteiger partial charge in [-0.1, -0.05) is 29.8 Å². The van der Waals surface area contributed by atoms with Crippen LogP contribution in [0.4, 0.5) is 14.5 Å². The number of nitrogens with two attached hydrogens (primary N) is 1. The highest BCUT2D eigenvalue weighted by Crippen LogP contribution is 2.21. The fourth-order valence-corrected chi connectivity index (χ4v) is 2.94. The van der Waals surface area contributed by atoms with E-state index in [4.69, 9.17) is 5.73 Å². The molecule has 0 unspecified atom stereocenters. The molecular formula is C14H14F2N2O2S. The van der Waals surface area contributed by atoms with E-state index in [0.29, 0.717) is 6.07 Å². The Kier molecular flexibility index (Phi) is 4.24. The average Bonchev–Trinajstić information content (AvgIpc) is 2.41. The van der Waals surface area contributed by atoms with Crippen molar-refractivity contribution >= 4 is 15.7 Å². The molecule has 7 heteroatoms. The van der Waals surface area contributed by atoms with E-state index in [0.717, 1.165) is 17.2 Å². The van der Waals surface area contributed by atoms with Gasteiger partial charge < -0.3 is 5.73 Å². The molecule has 0 aliphatic rings. The van der Waals surface area contributed by atoms with Gasteiger partial charge in [-0.25, -0.2) is 21.9 Å². The summed E-state index contributed by atoms with van der Waals surface area (Å²) in [4.78, 5) is -0.672. The lowest BCUT2D eigenvalue weighted by molar-refractivity contribution is 0.544. The molecule has 4 nitrogen and oxygen atoms in total. The molecule has 0 amide bonds. The van der Waals surface area contributed by atoms with Gasteiger partial charge in [0.15, 0.2) is 0 Å². The number of hydrogen-bond donors (Lipinski definition) is 2.